The number of hydrogen-bond acceptors (Lipinski definition) is 7. The van der Waals surface area contributed by atoms with Crippen molar-refractivity contribution >= 4 is 23.2 Å². The Hall–Kier alpha value is -4.05. The molecule has 4 N–H and O–H groups in total. The molecule has 0 bridgehead atoms. The topological polar surface area (TPSA) is 109 Å². The third kappa shape index (κ3) is 6.69. The van der Waals surface area contributed by atoms with Crippen molar-refractivity contribution in [3.05, 3.63) is 95.1 Å². The van der Waals surface area contributed by atoms with Crippen LogP contribution < -0.4 is 25.6 Å². The highest BCUT2D eigenvalue weighted by molar-refractivity contribution is 6.31. The second-order valence-electron chi connectivity index (χ2n) is 9.27. The van der Waals surface area contributed by atoms with Gasteiger partial charge in [0, 0.05) is 48.5 Å². The Morgan fingerprint density at radius 1 is 0.974 bits per heavy atom. The van der Waals surface area contributed by atoms with Crippen molar-refractivity contribution in [1.82, 2.24) is 20.5 Å². The maximum Gasteiger partial charge on any atom is 0.248 e. The highest BCUT2D eigenvalue weighted by Crippen LogP contribution is 2.39. The number of aromatic amines is 1. The van der Waals surface area contributed by atoms with Crippen molar-refractivity contribution in [2.75, 3.05) is 37.6 Å². The molecule has 202 valence electrons. The number of para-hydroxylation sites is 1. The molecule has 10 heteroatoms. The highest BCUT2D eigenvalue weighted by atomic mass is 35.5. The number of nitrogens with two attached hydrogens (primary N) is 1. The summed E-state index contributed by atoms with van der Waals surface area (Å²) in [6.45, 7) is 3.91. The van der Waals surface area contributed by atoms with Gasteiger partial charge in [-0.1, -0.05) is 60.1 Å². The first kappa shape index (κ1) is 26.6. The van der Waals surface area contributed by atoms with Crippen molar-refractivity contribution in [2.24, 2.45) is 5.84 Å². The minimum absolute atomic E-state index is 0.196. The molecule has 0 saturated carbocycles. The summed E-state index contributed by atoms with van der Waals surface area (Å²) in [4.78, 5) is 16.0. The van der Waals surface area contributed by atoms with Crippen molar-refractivity contribution in [2.45, 2.75) is 13.2 Å². The number of amides is 1. The molecule has 5 rings (SSSR count). The van der Waals surface area contributed by atoms with Gasteiger partial charge in [-0.15, -0.1) is 0 Å². The first-order valence-corrected chi connectivity index (χ1v) is 13.2. The smallest absolute Gasteiger partial charge is 0.248 e. The van der Waals surface area contributed by atoms with E-state index in [0.717, 1.165) is 60.0 Å². The van der Waals surface area contributed by atoms with Crippen LogP contribution in [0.1, 0.15) is 11.1 Å². The number of carbonyl (C=O) groups excluding carboxylic acids is 1. The summed E-state index contributed by atoms with van der Waals surface area (Å²) in [5.41, 5.74) is 6.56. The molecule has 0 radical (unpaired) electrons. The molecule has 1 aliphatic heterocycles. The number of carbonyl (C=O) groups is 1. The van der Waals surface area contributed by atoms with E-state index in [2.05, 4.69) is 25.4 Å². The lowest BCUT2D eigenvalue weighted by Crippen LogP contribution is -2.50. The Balaban J connectivity index is 1.40. The summed E-state index contributed by atoms with van der Waals surface area (Å²) < 4.78 is 12.3. The summed E-state index contributed by atoms with van der Waals surface area (Å²) in [5.74, 6) is 6.48. The van der Waals surface area contributed by atoms with Crippen LogP contribution in [-0.2, 0) is 18.0 Å². The average Bonchev–Trinajstić information content (AvgIpc) is 3.47. The molecule has 0 atom stereocenters. The maximum atomic E-state index is 11.7. The Kier molecular flexibility index (Phi) is 8.62. The summed E-state index contributed by atoms with van der Waals surface area (Å²) in [7, 11) is 0. The third-order valence-corrected chi connectivity index (χ3v) is 6.99. The predicted molar refractivity (Wildman–Crippen MR) is 152 cm³/mol. The van der Waals surface area contributed by atoms with E-state index in [4.69, 9.17) is 26.9 Å². The van der Waals surface area contributed by atoms with Crippen LogP contribution in [0, 0.1) is 0 Å². The van der Waals surface area contributed by atoms with E-state index < -0.39 is 0 Å². The minimum atomic E-state index is -0.196. The number of rotatable bonds is 10. The van der Waals surface area contributed by atoms with E-state index >= 15 is 0 Å². The lowest BCUT2D eigenvalue weighted by atomic mass is 10.1. The van der Waals surface area contributed by atoms with Crippen LogP contribution in [0.15, 0.2) is 79.0 Å². The van der Waals surface area contributed by atoms with Gasteiger partial charge < -0.3 is 14.4 Å². The lowest BCUT2D eigenvalue weighted by molar-refractivity contribution is -0.122. The number of benzene rings is 3. The average molecular weight is 547 g/mol. The number of nitrogens with zero attached hydrogens (tertiary/aromatic N) is 3. The summed E-state index contributed by atoms with van der Waals surface area (Å²) in [6, 6.07) is 23.5. The van der Waals surface area contributed by atoms with Crippen molar-refractivity contribution in [3.8, 4) is 22.8 Å². The van der Waals surface area contributed by atoms with Gasteiger partial charge in [-0.05, 0) is 29.8 Å². The third-order valence-electron chi connectivity index (χ3n) is 6.64. The number of anilines is 1. The van der Waals surface area contributed by atoms with E-state index in [1.54, 1.807) is 0 Å². The van der Waals surface area contributed by atoms with Crippen molar-refractivity contribution in [3.63, 3.8) is 0 Å². The summed E-state index contributed by atoms with van der Waals surface area (Å²) >= 11 is 6.78. The molecule has 1 aromatic heterocycles. The molecule has 0 aliphatic carbocycles. The van der Waals surface area contributed by atoms with E-state index in [1.165, 1.54) is 0 Å². The number of piperazine rings is 1. The normalized spacial score (nSPS) is 13.7. The number of hydrogen-bond donors (Lipinski definition) is 3. The number of halogens is 1. The maximum absolute atomic E-state index is 11.7. The fourth-order valence-corrected chi connectivity index (χ4v) is 4.76. The van der Waals surface area contributed by atoms with E-state index in [0.29, 0.717) is 24.0 Å². The summed E-state index contributed by atoms with van der Waals surface area (Å²) in [5, 5.41) is 8.18. The van der Waals surface area contributed by atoms with Crippen LogP contribution in [0.25, 0.3) is 11.3 Å². The second kappa shape index (κ2) is 12.7. The molecule has 1 amide bonds. The number of hydrazine groups is 1. The molecule has 39 heavy (non-hydrogen) atoms. The Labute approximate surface area is 232 Å². The number of ether oxygens (including phenoxy) is 2. The molecule has 9 nitrogen and oxygen atoms in total. The minimum Gasteiger partial charge on any atom is -0.489 e. The van der Waals surface area contributed by atoms with Gasteiger partial charge in [-0.3, -0.25) is 20.2 Å². The Morgan fingerprint density at radius 2 is 1.69 bits per heavy atom. The van der Waals surface area contributed by atoms with Crippen LogP contribution in [0.4, 0.5) is 5.69 Å². The molecule has 2 heterocycles. The Morgan fingerprint density at radius 3 is 2.41 bits per heavy atom. The molecule has 4 aromatic rings. The molecule has 1 aliphatic rings. The van der Waals surface area contributed by atoms with Crippen LogP contribution in [0.5, 0.6) is 11.5 Å². The zero-order chi connectivity index (χ0) is 27.0. The quantitative estimate of drug-likeness (QED) is 0.157. The zero-order valence-electron chi connectivity index (χ0n) is 21.5. The molecule has 1 saturated heterocycles. The van der Waals surface area contributed by atoms with E-state index in [-0.39, 0.29) is 12.5 Å². The highest BCUT2D eigenvalue weighted by Gasteiger charge is 2.24. The lowest BCUT2D eigenvalue weighted by Gasteiger charge is -2.35. The Bertz CT molecular complexity index is 1370. The van der Waals surface area contributed by atoms with Gasteiger partial charge in [0.1, 0.15) is 30.4 Å². The zero-order valence-corrected chi connectivity index (χ0v) is 22.2. The van der Waals surface area contributed by atoms with Gasteiger partial charge in [0.25, 0.3) is 0 Å². The van der Waals surface area contributed by atoms with Gasteiger partial charge in [0.2, 0.25) is 5.91 Å². The monoisotopic (exact) mass is 546 g/mol. The molecular weight excluding hydrogens is 516 g/mol. The first-order chi connectivity index (χ1) is 19.1. The second-order valence-corrected chi connectivity index (χ2v) is 9.67. The SMILES string of the molecule is NNC(=O)CN1CCN(c2c[nH]nc2-c2cc(Cl)c(COc3ccccc3)cc2OCc2ccccc2)CC1. The van der Waals surface area contributed by atoms with E-state index in [1.807, 2.05) is 79.0 Å². The van der Waals surface area contributed by atoms with Gasteiger partial charge in [-0.25, -0.2) is 5.84 Å². The molecule has 0 spiro atoms. The largest absolute Gasteiger partial charge is 0.489 e. The van der Waals surface area contributed by atoms with Crippen LogP contribution in [0.3, 0.4) is 0 Å². The fourth-order valence-electron chi connectivity index (χ4n) is 4.54. The predicted octanol–water partition coefficient (Wildman–Crippen LogP) is 4.00. The first-order valence-electron chi connectivity index (χ1n) is 12.8. The molecular formula is C29H31ClN6O3. The van der Waals surface area contributed by atoms with Gasteiger partial charge in [-0.2, -0.15) is 5.10 Å². The molecule has 0 unspecified atom stereocenters. The summed E-state index contributed by atoms with van der Waals surface area (Å²) in [6.07, 6.45) is 1.89. The van der Waals surface area contributed by atoms with Gasteiger partial charge in [0.05, 0.1) is 12.2 Å². The number of nitrogens with one attached hydrogen (secondary N) is 2. The van der Waals surface area contributed by atoms with Gasteiger partial charge in [0.15, 0.2) is 0 Å². The van der Waals surface area contributed by atoms with Crippen molar-refractivity contribution < 1.29 is 14.3 Å². The fraction of sp³-hybridized carbons (Fsp3) is 0.241. The number of aromatic nitrogens is 2. The van der Waals surface area contributed by atoms with Crippen LogP contribution >= 0.6 is 11.6 Å². The standard InChI is InChI=1S/C29H31ClN6O3/c30-25-16-24(29-26(17-32-34-29)36-13-11-35(12-14-36)18-28(37)33-31)27(39-19-21-7-3-1-4-8-21)15-22(25)20-38-23-9-5-2-6-10-23/h1-10,15-17H,11-14,18-20,31H2,(H,32,34)(H,33,37). The molecule has 1 fully saturated rings. The number of H-pyrrole nitrogens is 1. The van der Waals surface area contributed by atoms with E-state index in [9.17, 15) is 4.79 Å². The molecule has 3 aromatic carbocycles. The van der Waals surface area contributed by atoms with Crippen LogP contribution in [0.2, 0.25) is 5.02 Å². The van der Waals surface area contributed by atoms with Crippen molar-refractivity contribution in [1.29, 1.82) is 0 Å². The van der Waals surface area contributed by atoms with Gasteiger partial charge >= 0.3 is 0 Å². The van der Waals surface area contributed by atoms with Crippen LogP contribution in [-0.4, -0.2) is 53.7 Å².